The van der Waals surface area contributed by atoms with E-state index in [1.54, 1.807) is 32.9 Å². The summed E-state index contributed by atoms with van der Waals surface area (Å²) in [6.45, 7) is 5.27. The average molecular weight is 490 g/mol. The Morgan fingerprint density at radius 2 is 2.12 bits per heavy atom. The maximum Gasteiger partial charge on any atom is 0.416 e. The number of allylic oxidation sites excluding steroid dienone is 1. The van der Waals surface area contributed by atoms with E-state index in [9.17, 15) is 18.8 Å². The van der Waals surface area contributed by atoms with Crippen molar-refractivity contribution in [3.8, 4) is 0 Å². The molecule has 0 bridgehead atoms. The lowest BCUT2D eigenvalue weighted by atomic mass is 10.0. The fourth-order valence-electron chi connectivity index (χ4n) is 3.61. The fourth-order valence-corrected chi connectivity index (χ4v) is 4.33. The number of rotatable bonds is 5. The van der Waals surface area contributed by atoms with E-state index < -0.39 is 29.7 Å². The molecule has 2 aromatic rings. The van der Waals surface area contributed by atoms with Gasteiger partial charge >= 0.3 is 12.2 Å². The van der Waals surface area contributed by atoms with Crippen LogP contribution in [0.1, 0.15) is 32.8 Å². The number of carbonyl (C=O) groups excluding carboxylic acids is 3. The number of halogens is 1. The molecule has 34 heavy (non-hydrogen) atoms. The number of thioether (sulfide) groups is 1. The van der Waals surface area contributed by atoms with E-state index in [1.807, 2.05) is 6.08 Å². The summed E-state index contributed by atoms with van der Waals surface area (Å²) >= 11 is 1.20. The molecule has 1 unspecified atom stereocenters. The van der Waals surface area contributed by atoms with Gasteiger partial charge in [-0.3, -0.25) is 14.6 Å². The molecule has 2 amide bonds. The van der Waals surface area contributed by atoms with Crippen LogP contribution in [0.25, 0.3) is 5.57 Å². The highest BCUT2D eigenvalue weighted by atomic mass is 32.2. The van der Waals surface area contributed by atoms with Crippen LogP contribution < -0.4 is 9.80 Å². The van der Waals surface area contributed by atoms with Crippen molar-refractivity contribution in [2.24, 2.45) is 0 Å². The first-order valence-corrected chi connectivity index (χ1v) is 11.6. The third kappa shape index (κ3) is 5.41. The fraction of sp³-hybridized carbons (Fsp3) is 0.391. The van der Waals surface area contributed by atoms with Crippen molar-refractivity contribution in [3.63, 3.8) is 0 Å². The highest BCUT2D eigenvalue weighted by Crippen LogP contribution is 2.32. The molecule has 1 atom stereocenters. The SMILES string of the molecule is CC(C)(C)OC(=O)N(CC1CN(c2ccc(C3=CCSC(=O)C3)c(F)c2)C(=O)O1)c1ccon1. The molecule has 9 nitrogen and oxygen atoms in total. The van der Waals surface area contributed by atoms with Gasteiger partial charge in [0.15, 0.2) is 10.9 Å². The summed E-state index contributed by atoms with van der Waals surface area (Å²) in [6.07, 6.45) is 1.27. The van der Waals surface area contributed by atoms with Gasteiger partial charge in [-0.15, -0.1) is 0 Å². The summed E-state index contributed by atoms with van der Waals surface area (Å²) in [7, 11) is 0. The Morgan fingerprint density at radius 1 is 1.32 bits per heavy atom. The molecule has 11 heteroatoms. The van der Waals surface area contributed by atoms with E-state index in [0.29, 0.717) is 22.6 Å². The molecule has 0 radical (unpaired) electrons. The Bertz CT molecular complexity index is 1130. The summed E-state index contributed by atoms with van der Waals surface area (Å²) in [5, 5.41) is 3.79. The van der Waals surface area contributed by atoms with Gasteiger partial charge < -0.3 is 14.0 Å². The molecule has 1 aromatic carbocycles. The van der Waals surface area contributed by atoms with Gasteiger partial charge in [-0.1, -0.05) is 23.0 Å². The largest absolute Gasteiger partial charge is 0.443 e. The second kappa shape index (κ2) is 9.49. The van der Waals surface area contributed by atoms with Gasteiger partial charge in [-0.25, -0.2) is 14.0 Å². The molecule has 0 saturated carbocycles. The minimum Gasteiger partial charge on any atom is -0.443 e. The Labute approximate surface area is 199 Å². The minimum absolute atomic E-state index is 0.00593. The van der Waals surface area contributed by atoms with Gasteiger partial charge in [0.05, 0.1) is 18.8 Å². The zero-order chi connectivity index (χ0) is 24.5. The number of aromatic nitrogens is 1. The van der Waals surface area contributed by atoms with Gasteiger partial charge in [-0.05, 0) is 44.5 Å². The number of hydrogen-bond acceptors (Lipinski definition) is 8. The van der Waals surface area contributed by atoms with Crippen LogP contribution in [0.2, 0.25) is 0 Å². The second-order valence-electron chi connectivity index (χ2n) is 8.82. The molecular weight excluding hydrogens is 465 g/mol. The first kappa shape index (κ1) is 23.8. The van der Waals surface area contributed by atoms with E-state index in [4.69, 9.17) is 14.0 Å². The zero-order valence-electron chi connectivity index (χ0n) is 18.9. The van der Waals surface area contributed by atoms with Crippen LogP contribution in [0.15, 0.2) is 41.1 Å². The van der Waals surface area contributed by atoms with Crippen LogP contribution >= 0.6 is 11.8 Å². The number of cyclic esters (lactones) is 1. The molecule has 4 rings (SSSR count). The average Bonchev–Trinajstić information content (AvgIpc) is 3.40. The van der Waals surface area contributed by atoms with Crippen LogP contribution in [0.5, 0.6) is 0 Å². The predicted octanol–water partition coefficient (Wildman–Crippen LogP) is 4.63. The first-order chi connectivity index (χ1) is 16.1. The van der Waals surface area contributed by atoms with E-state index >= 15 is 0 Å². The van der Waals surface area contributed by atoms with Crippen molar-refractivity contribution in [3.05, 3.63) is 48.0 Å². The molecule has 2 aliphatic rings. The van der Waals surface area contributed by atoms with Gasteiger partial charge in [0.2, 0.25) is 0 Å². The van der Waals surface area contributed by atoms with Crippen LogP contribution in [0.4, 0.5) is 25.5 Å². The smallest absolute Gasteiger partial charge is 0.416 e. The van der Waals surface area contributed by atoms with Crippen LogP contribution in [-0.4, -0.2) is 53.0 Å². The topological polar surface area (TPSA) is 102 Å². The summed E-state index contributed by atoms with van der Waals surface area (Å²) in [4.78, 5) is 39.5. The van der Waals surface area contributed by atoms with Crippen molar-refractivity contribution in [1.82, 2.24) is 5.16 Å². The molecular formula is C23H24FN3O6S. The van der Waals surface area contributed by atoms with E-state index in [-0.39, 0.29) is 30.4 Å². The molecule has 2 aliphatic heterocycles. The third-order valence-electron chi connectivity index (χ3n) is 5.09. The third-order valence-corrected chi connectivity index (χ3v) is 5.89. The van der Waals surface area contributed by atoms with Crippen molar-refractivity contribution >= 4 is 46.1 Å². The molecule has 3 heterocycles. The highest BCUT2D eigenvalue weighted by Gasteiger charge is 2.37. The van der Waals surface area contributed by atoms with E-state index in [0.717, 1.165) is 0 Å². The standard InChI is InChI=1S/C23H24FN3O6S/c1-23(2,3)33-22(30)27(19-6-8-31-25-19)13-16-12-26(21(29)32-16)15-4-5-17(18(24)11-15)14-7-9-34-20(28)10-14/h4-8,11,16H,9-10,12-13H2,1-3H3. The van der Waals surface area contributed by atoms with Crippen LogP contribution in [0.3, 0.4) is 0 Å². The molecule has 0 spiro atoms. The number of ether oxygens (including phenoxy) is 2. The quantitative estimate of drug-likeness (QED) is 0.599. The highest BCUT2D eigenvalue weighted by molar-refractivity contribution is 8.13. The lowest BCUT2D eigenvalue weighted by Crippen LogP contribution is -2.42. The number of amides is 2. The number of nitrogens with zero attached hydrogens (tertiary/aromatic N) is 3. The number of anilines is 2. The summed E-state index contributed by atoms with van der Waals surface area (Å²) in [5.41, 5.74) is 0.545. The lowest BCUT2D eigenvalue weighted by Gasteiger charge is -2.26. The van der Waals surface area contributed by atoms with E-state index in [2.05, 4.69) is 5.16 Å². The van der Waals surface area contributed by atoms with Crippen LogP contribution in [0, 0.1) is 5.82 Å². The lowest BCUT2D eigenvalue weighted by molar-refractivity contribution is -0.110. The summed E-state index contributed by atoms with van der Waals surface area (Å²) in [5.74, 6) is 0.195. The molecule has 0 N–H and O–H groups in total. The van der Waals surface area contributed by atoms with Gasteiger partial charge in [0, 0.05) is 23.8 Å². The molecule has 0 aliphatic carbocycles. The van der Waals surface area contributed by atoms with Crippen molar-refractivity contribution in [2.45, 2.75) is 38.9 Å². The monoisotopic (exact) mass is 489 g/mol. The Hall–Kier alpha value is -3.34. The van der Waals surface area contributed by atoms with Crippen LogP contribution in [-0.2, 0) is 14.3 Å². The summed E-state index contributed by atoms with van der Waals surface area (Å²) < 4.78 is 30.6. The van der Waals surface area contributed by atoms with Crippen molar-refractivity contribution in [1.29, 1.82) is 0 Å². The number of hydrogen-bond donors (Lipinski definition) is 0. The Kier molecular flexibility index (Phi) is 6.65. The second-order valence-corrected chi connectivity index (χ2v) is 9.90. The maximum absolute atomic E-state index is 14.9. The van der Waals surface area contributed by atoms with Gasteiger partial charge in [-0.2, -0.15) is 0 Å². The number of benzene rings is 1. The molecule has 1 fully saturated rings. The Morgan fingerprint density at radius 3 is 2.76 bits per heavy atom. The predicted molar refractivity (Wildman–Crippen MR) is 124 cm³/mol. The van der Waals surface area contributed by atoms with Gasteiger partial charge in [0.25, 0.3) is 0 Å². The van der Waals surface area contributed by atoms with Crippen molar-refractivity contribution in [2.75, 3.05) is 28.6 Å². The Balaban J connectivity index is 1.49. The minimum atomic E-state index is -0.742. The van der Waals surface area contributed by atoms with E-state index in [1.165, 1.54) is 40.0 Å². The van der Waals surface area contributed by atoms with Crippen molar-refractivity contribution < 1.29 is 32.8 Å². The first-order valence-electron chi connectivity index (χ1n) is 10.6. The zero-order valence-corrected chi connectivity index (χ0v) is 19.8. The van der Waals surface area contributed by atoms with Gasteiger partial charge in [0.1, 0.15) is 23.8 Å². The summed E-state index contributed by atoms with van der Waals surface area (Å²) in [6, 6.07) is 5.91. The number of carbonyl (C=O) groups is 3. The molecule has 180 valence electrons. The molecule has 1 saturated heterocycles. The molecule has 1 aromatic heterocycles. The maximum atomic E-state index is 14.9. The normalized spacial score (nSPS) is 18.5.